The van der Waals surface area contributed by atoms with Crippen molar-refractivity contribution in [1.29, 1.82) is 0 Å². The second-order valence-electron chi connectivity index (χ2n) is 10.4. The predicted molar refractivity (Wildman–Crippen MR) is 110 cm³/mol. The van der Waals surface area contributed by atoms with Crippen molar-refractivity contribution in [1.82, 2.24) is 0 Å². The van der Waals surface area contributed by atoms with Gasteiger partial charge >= 0.3 is 6.16 Å². The fourth-order valence-electron chi connectivity index (χ4n) is 7.25. The van der Waals surface area contributed by atoms with E-state index in [1.807, 2.05) is 6.07 Å². The Labute approximate surface area is 181 Å². The third kappa shape index (κ3) is 2.42. The highest BCUT2D eigenvalue weighted by Gasteiger charge is 2.76. The lowest BCUT2D eigenvalue weighted by Crippen LogP contribution is -2.80. The van der Waals surface area contributed by atoms with E-state index in [0.29, 0.717) is 25.0 Å². The Morgan fingerprint density at radius 1 is 1.32 bits per heavy atom. The largest absolute Gasteiger partial charge is 0.513 e. The van der Waals surface area contributed by atoms with Gasteiger partial charge in [0.05, 0.1) is 32.2 Å². The Morgan fingerprint density at radius 2 is 2.13 bits per heavy atom. The molecular weight excluding hydrogens is 398 g/mol. The lowest BCUT2D eigenvalue weighted by atomic mass is 9.48. The number of piperidine rings is 1. The Bertz CT molecular complexity index is 989. The minimum atomic E-state index is -1.01. The summed E-state index contributed by atoms with van der Waals surface area (Å²) in [6.45, 7) is 3.94. The van der Waals surface area contributed by atoms with Crippen LogP contribution in [-0.2, 0) is 21.4 Å². The number of aliphatic hydroxyl groups is 1. The summed E-state index contributed by atoms with van der Waals surface area (Å²) in [6, 6.07) is 3.77. The van der Waals surface area contributed by atoms with Crippen molar-refractivity contribution < 1.29 is 33.4 Å². The van der Waals surface area contributed by atoms with Crippen LogP contribution in [0.15, 0.2) is 12.1 Å². The highest BCUT2D eigenvalue weighted by Crippen LogP contribution is 2.66. The quantitative estimate of drug-likeness (QED) is 0.451. The summed E-state index contributed by atoms with van der Waals surface area (Å²) in [5, 5.41) is 12.4. The van der Waals surface area contributed by atoms with Crippen LogP contribution in [0.3, 0.4) is 0 Å². The summed E-state index contributed by atoms with van der Waals surface area (Å²) in [6.07, 6.45) is 3.28. The number of likely N-dealkylation sites (N-methyl/N-ethyl adjacent to an activating group) is 1. The molecule has 31 heavy (non-hydrogen) atoms. The first kappa shape index (κ1) is 19.6. The van der Waals surface area contributed by atoms with Crippen LogP contribution in [0.25, 0.3) is 0 Å². The van der Waals surface area contributed by atoms with Crippen molar-refractivity contribution in [2.24, 2.45) is 5.92 Å². The van der Waals surface area contributed by atoms with Crippen LogP contribution in [0.2, 0.25) is 0 Å². The minimum absolute atomic E-state index is 0.0351. The first-order chi connectivity index (χ1) is 14.8. The minimum Gasteiger partial charge on any atom is -0.477 e. The van der Waals surface area contributed by atoms with Crippen LogP contribution < -0.4 is 9.47 Å². The van der Waals surface area contributed by atoms with Crippen molar-refractivity contribution in [3.8, 4) is 11.5 Å². The smallest absolute Gasteiger partial charge is 0.477 e. The first-order valence-electron chi connectivity index (χ1n) is 11.6. The van der Waals surface area contributed by atoms with Crippen molar-refractivity contribution in [2.45, 2.75) is 68.6 Å². The van der Waals surface area contributed by atoms with Crippen molar-refractivity contribution in [3.63, 3.8) is 0 Å². The fourth-order valence-corrected chi connectivity index (χ4v) is 7.25. The molecule has 1 N–H and O–H groups in total. The zero-order chi connectivity index (χ0) is 21.6. The summed E-state index contributed by atoms with van der Waals surface area (Å²) >= 11 is 0. The van der Waals surface area contributed by atoms with Crippen LogP contribution in [0.1, 0.15) is 50.2 Å². The van der Waals surface area contributed by atoms with Gasteiger partial charge in [-0.1, -0.05) is 6.07 Å². The van der Waals surface area contributed by atoms with Crippen LogP contribution >= 0.6 is 0 Å². The van der Waals surface area contributed by atoms with Crippen LogP contribution in [0.4, 0.5) is 4.79 Å². The molecule has 5 atom stereocenters. The van der Waals surface area contributed by atoms with E-state index >= 15 is 0 Å². The second kappa shape index (κ2) is 6.23. The summed E-state index contributed by atoms with van der Waals surface area (Å²) in [5.74, 6) is 1.50. The number of carbonyl (C=O) groups excluding carboxylic acids is 2. The molecule has 166 valence electrons. The zero-order valence-electron chi connectivity index (χ0n) is 18.2. The van der Waals surface area contributed by atoms with Gasteiger partial charge in [-0.05, 0) is 37.8 Å². The number of ketones is 1. The first-order valence-corrected chi connectivity index (χ1v) is 11.6. The molecule has 0 radical (unpaired) electrons. The van der Waals surface area contributed by atoms with E-state index in [1.165, 1.54) is 12.8 Å². The molecule has 1 aromatic carbocycles. The van der Waals surface area contributed by atoms with E-state index in [0.717, 1.165) is 41.0 Å². The van der Waals surface area contributed by atoms with Crippen LogP contribution in [-0.4, -0.2) is 66.0 Å². The Balaban J connectivity index is 1.50. The Morgan fingerprint density at radius 3 is 2.87 bits per heavy atom. The van der Waals surface area contributed by atoms with Crippen molar-refractivity contribution in [3.05, 3.63) is 23.3 Å². The molecule has 7 heteroatoms. The SMILES string of the molecule is CCOC(=O)Oc1ccc2c3c1O[C@H]1C(=O)CC[C@@]4(O)[C@@H](C2)[N@@+](C)(CC2CC2)CC[C@]314. The fraction of sp³-hybridized carbons (Fsp3) is 0.667. The molecule has 0 amide bonds. The topological polar surface area (TPSA) is 82.1 Å². The van der Waals surface area contributed by atoms with Gasteiger partial charge in [0, 0.05) is 30.7 Å². The highest BCUT2D eigenvalue weighted by atomic mass is 16.7. The standard InChI is InChI=1S/C24H30NO6/c1-3-29-22(27)30-17-7-6-15-12-18-24(28)9-8-16(26)21-23(24,19(15)20(17)31-21)10-11-25(18,2)13-14-4-5-14/h6-7,14,18,21,28H,3-5,8-13H2,1-2H3/q+1/t18-,21+,23+,24-,25-/m1/s1. The van der Waals surface area contributed by atoms with E-state index in [-0.39, 0.29) is 24.2 Å². The van der Waals surface area contributed by atoms with Gasteiger partial charge in [-0.25, -0.2) is 4.79 Å². The number of carbonyl (C=O) groups is 2. The lowest BCUT2D eigenvalue weighted by molar-refractivity contribution is -0.950. The van der Waals surface area contributed by atoms with E-state index in [9.17, 15) is 14.7 Å². The van der Waals surface area contributed by atoms with Gasteiger partial charge in [0.1, 0.15) is 11.6 Å². The molecule has 0 aromatic heterocycles. The molecule has 2 heterocycles. The molecule has 1 aromatic rings. The second-order valence-corrected chi connectivity index (χ2v) is 10.4. The summed E-state index contributed by atoms with van der Waals surface area (Å²) < 4.78 is 17.5. The number of benzene rings is 1. The third-order valence-corrected chi connectivity index (χ3v) is 8.72. The van der Waals surface area contributed by atoms with Crippen LogP contribution in [0.5, 0.6) is 11.5 Å². The van der Waals surface area contributed by atoms with E-state index < -0.39 is 23.3 Å². The van der Waals surface area contributed by atoms with Gasteiger partial charge in [-0.15, -0.1) is 0 Å². The number of hydrogen-bond donors (Lipinski definition) is 1. The molecule has 1 spiro atoms. The molecule has 2 aliphatic heterocycles. The molecule has 2 saturated carbocycles. The lowest BCUT2D eigenvalue weighted by Gasteiger charge is -2.64. The highest BCUT2D eigenvalue weighted by molar-refractivity contribution is 5.90. The summed E-state index contributed by atoms with van der Waals surface area (Å²) in [5.41, 5.74) is 0.237. The van der Waals surface area contributed by atoms with Crippen molar-refractivity contribution >= 4 is 11.9 Å². The number of rotatable bonds is 4. The van der Waals surface area contributed by atoms with Gasteiger partial charge in [0.2, 0.25) is 0 Å². The number of Topliss-reactive ketones (excluding diaryl/α,β-unsaturated/α-hetero) is 1. The Kier molecular flexibility index (Phi) is 3.93. The number of quaternary nitrogens is 1. The predicted octanol–water partition coefficient (Wildman–Crippen LogP) is 2.50. The molecule has 3 fully saturated rings. The zero-order valence-corrected chi connectivity index (χ0v) is 18.2. The molecule has 7 nitrogen and oxygen atoms in total. The molecule has 5 aliphatic rings. The molecule has 6 rings (SSSR count). The Hall–Kier alpha value is -2.12. The van der Waals surface area contributed by atoms with Gasteiger partial charge in [0.25, 0.3) is 0 Å². The van der Waals surface area contributed by atoms with Crippen LogP contribution in [0, 0.1) is 5.92 Å². The van der Waals surface area contributed by atoms with Crippen molar-refractivity contribution in [2.75, 3.05) is 26.7 Å². The summed E-state index contributed by atoms with van der Waals surface area (Å²) in [7, 11) is 2.29. The molecule has 2 bridgehead atoms. The third-order valence-electron chi connectivity index (χ3n) is 8.72. The molecule has 1 saturated heterocycles. The molecule has 0 unspecified atom stereocenters. The van der Waals surface area contributed by atoms with Gasteiger partial charge < -0.3 is 23.8 Å². The van der Waals surface area contributed by atoms with Gasteiger partial charge in [0.15, 0.2) is 23.4 Å². The monoisotopic (exact) mass is 428 g/mol. The molecule has 3 aliphatic carbocycles. The van der Waals surface area contributed by atoms with E-state index in [2.05, 4.69) is 7.05 Å². The van der Waals surface area contributed by atoms with Gasteiger partial charge in [-0.3, -0.25) is 4.79 Å². The summed E-state index contributed by atoms with van der Waals surface area (Å²) in [4.78, 5) is 25.1. The number of hydrogen-bond acceptors (Lipinski definition) is 6. The maximum Gasteiger partial charge on any atom is 0.513 e. The van der Waals surface area contributed by atoms with E-state index in [4.69, 9.17) is 14.2 Å². The van der Waals surface area contributed by atoms with E-state index in [1.54, 1.807) is 13.0 Å². The normalized spacial score (nSPS) is 39.5. The average molecular weight is 429 g/mol. The number of ether oxygens (including phenoxy) is 3. The maximum atomic E-state index is 13.1. The van der Waals surface area contributed by atoms with Gasteiger partial charge in [-0.2, -0.15) is 0 Å². The maximum absolute atomic E-state index is 13.1. The average Bonchev–Trinajstić information content (AvgIpc) is 3.45. The number of nitrogens with zero attached hydrogens (tertiary/aromatic N) is 1. The molecular formula is C24H30NO6+. The number of likely N-dealkylation sites (tertiary alicyclic amines) is 1.